The van der Waals surface area contributed by atoms with Gasteiger partial charge in [-0.1, -0.05) is 37.3 Å². The van der Waals surface area contributed by atoms with Gasteiger partial charge >= 0.3 is 5.97 Å². The lowest BCUT2D eigenvalue weighted by Crippen LogP contribution is -2.20. The number of hydrogen-bond donors (Lipinski definition) is 2. The van der Waals surface area contributed by atoms with Gasteiger partial charge < -0.3 is 19.9 Å². The van der Waals surface area contributed by atoms with Gasteiger partial charge in [-0.2, -0.15) is 0 Å². The molecule has 0 radical (unpaired) electrons. The molecule has 2 N–H and O–H groups in total. The van der Waals surface area contributed by atoms with Crippen molar-refractivity contribution in [2.75, 3.05) is 19.0 Å². The Bertz CT molecular complexity index is 843. The van der Waals surface area contributed by atoms with Crippen LogP contribution in [-0.2, 0) is 16.0 Å². The Labute approximate surface area is 164 Å². The smallest absolute Gasteiger partial charge is 0.306 e. The van der Waals surface area contributed by atoms with Gasteiger partial charge in [-0.25, -0.2) is 0 Å². The van der Waals surface area contributed by atoms with Crippen LogP contribution in [0.15, 0.2) is 48.5 Å². The van der Waals surface area contributed by atoms with E-state index in [0.717, 1.165) is 11.1 Å². The van der Waals surface area contributed by atoms with E-state index in [2.05, 4.69) is 5.32 Å². The summed E-state index contributed by atoms with van der Waals surface area (Å²) in [4.78, 5) is 23.1. The van der Waals surface area contributed by atoms with Crippen LogP contribution in [0.3, 0.4) is 0 Å². The molecule has 0 aliphatic heterocycles. The second kappa shape index (κ2) is 10.2. The van der Waals surface area contributed by atoms with Crippen LogP contribution in [-0.4, -0.2) is 30.7 Å². The molecule has 1 atom stereocenters. The first-order valence-electron chi connectivity index (χ1n) is 8.98. The van der Waals surface area contributed by atoms with Gasteiger partial charge in [0.1, 0.15) is 0 Å². The number of allylic oxidation sites excluding steroid dienone is 1. The SMILES string of the molecule is C/C=C/c1ccc(OCC(=O)Nc2ccc(CC(C)C(=O)O)cc2)c(OC)c1. The van der Waals surface area contributed by atoms with Crippen LogP contribution in [0.4, 0.5) is 5.69 Å². The lowest BCUT2D eigenvalue weighted by Gasteiger charge is -2.12. The van der Waals surface area contributed by atoms with Crippen molar-refractivity contribution in [3.8, 4) is 11.5 Å². The molecule has 2 aromatic carbocycles. The zero-order chi connectivity index (χ0) is 20.5. The minimum Gasteiger partial charge on any atom is -0.493 e. The van der Waals surface area contributed by atoms with Crippen LogP contribution in [0.25, 0.3) is 6.08 Å². The number of ether oxygens (including phenoxy) is 2. The monoisotopic (exact) mass is 383 g/mol. The average molecular weight is 383 g/mol. The molecule has 6 heteroatoms. The maximum Gasteiger partial charge on any atom is 0.306 e. The normalized spacial score (nSPS) is 11.8. The number of anilines is 1. The first-order chi connectivity index (χ1) is 13.4. The number of carbonyl (C=O) groups excluding carboxylic acids is 1. The van der Waals surface area contributed by atoms with E-state index in [1.807, 2.05) is 31.2 Å². The number of aliphatic carboxylic acids is 1. The molecular formula is C22H25NO5. The fourth-order valence-electron chi connectivity index (χ4n) is 2.60. The highest BCUT2D eigenvalue weighted by Gasteiger charge is 2.12. The average Bonchev–Trinajstić information content (AvgIpc) is 2.68. The van der Waals surface area contributed by atoms with Crippen LogP contribution >= 0.6 is 0 Å². The van der Waals surface area contributed by atoms with Crippen molar-refractivity contribution in [2.45, 2.75) is 20.3 Å². The molecule has 6 nitrogen and oxygen atoms in total. The van der Waals surface area contributed by atoms with Crippen molar-refractivity contribution in [2.24, 2.45) is 5.92 Å². The molecule has 2 aromatic rings. The summed E-state index contributed by atoms with van der Waals surface area (Å²) in [5, 5.41) is 11.7. The van der Waals surface area contributed by atoms with E-state index in [1.54, 1.807) is 44.4 Å². The zero-order valence-corrected chi connectivity index (χ0v) is 16.3. The van der Waals surface area contributed by atoms with Gasteiger partial charge in [0, 0.05) is 5.69 Å². The summed E-state index contributed by atoms with van der Waals surface area (Å²) < 4.78 is 10.9. The quantitative estimate of drug-likeness (QED) is 0.683. The van der Waals surface area contributed by atoms with Crippen LogP contribution in [0, 0.1) is 5.92 Å². The van der Waals surface area contributed by atoms with Gasteiger partial charge in [0.25, 0.3) is 5.91 Å². The van der Waals surface area contributed by atoms with Crippen molar-refractivity contribution in [1.82, 2.24) is 0 Å². The van der Waals surface area contributed by atoms with E-state index in [-0.39, 0.29) is 12.5 Å². The Morgan fingerprint density at radius 3 is 2.46 bits per heavy atom. The third kappa shape index (κ3) is 6.16. The van der Waals surface area contributed by atoms with Gasteiger partial charge in [0.15, 0.2) is 18.1 Å². The summed E-state index contributed by atoms with van der Waals surface area (Å²) in [6.07, 6.45) is 4.31. The molecule has 0 aliphatic carbocycles. The predicted molar refractivity (Wildman–Crippen MR) is 109 cm³/mol. The molecule has 28 heavy (non-hydrogen) atoms. The largest absolute Gasteiger partial charge is 0.493 e. The van der Waals surface area contributed by atoms with Gasteiger partial charge in [-0.3, -0.25) is 9.59 Å². The first-order valence-corrected chi connectivity index (χ1v) is 8.98. The molecule has 0 fully saturated rings. The fraction of sp³-hybridized carbons (Fsp3) is 0.273. The second-order valence-electron chi connectivity index (χ2n) is 6.39. The molecule has 1 unspecified atom stereocenters. The van der Waals surface area contributed by atoms with E-state index in [0.29, 0.717) is 23.6 Å². The van der Waals surface area contributed by atoms with E-state index >= 15 is 0 Å². The van der Waals surface area contributed by atoms with Crippen molar-refractivity contribution in [3.63, 3.8) is 0 Å². The molecule has 148 valence electrons. The minimum atomic E-state index is -0.830. The first kappa shape index (κ1) is 21.0. The highest BCUT2D eigenvalue weighted by atomic mass is 16.5. The Morgan fingerprint density at radius 1 is 1.14 bits per heavy atom. The Kier molecular flexibility index (Phi) is 7.63. The van der Waals surface area contributed by atoms with E-state index < -0.39 is 11.9 Å². The number of carbonyl (C=O) groups is 2. The number of carboxylic acids is 1. The minimum absolute atomic E-state index is 0.156. The number of benzene rings is 2. The standard InChI is InChI=1S/C22H25NO5/c1-4-5-16-8-11-19(20(13-16)27-3)28-14-21(24)23-18-9-6-17(7-10-18)12-15(2)22(25)26/h4-11,13,15H,12,14H2,1-3H3,(H,23,24)(H,25,26)/b5-4+. The summed E-state index contributed by atoms with van der Waals surface area (Å²) in [6.45, 7) is 3.44. The van der Waals surface area contributed by atoms with Gasteiger partial charge in [-0.05, 0) is 48.7 Å². The number of amides is 1. The zero-order valence-electron chi connectivity index (χ0n) is 16.3. The number of nitrogens with one attached hydrogen (secondary N) is 1. The molecule has 0 aromatic heterocycles. The summed E-state index contributed by atoms with van der Waals surface area (Å²) in [6, 6.07) is 12.6. The maximum atomic E-state index is 12.1. The Morgan fingerprint density at radius 2 is 1.86 bits per heavy atom. The Hall–Kier alpha value is -3.28. The molecule has 0 heterocycles. The van der Waals surface area contributed by atoms with Gasteiger partial charge in [0.2, 0.25) is 0 Å². The summed E-state index contributed by atoms with van der Waals surface area (Å²) in [5.74, 6) is -0.540. The van der Waals surface area contributed by atoms with Crippen LogP contribution in [0.5, 0.6) is 11.5 Å². The predicted octanol–water partition coefficient (Wildman–Crippen LogP) is 4.01. The number of rotatable bonds is 9. The Balaban J connectivity index is 1.91. The van der Waals surface area contributed by atoms with Crippen molar-refractivity contribution in [1.29, 1.82) is 0 Å². The van der Waals surface area contributed by atoms with Gasteiger partial charge in [0.05, 0.1) is 13.0 Å². The summed E-state index contributed by atoms with van der Waals surface area (Å²) >= 11 is 0. The fourth-order valence-corrected chi connectivity index (χ4v) is 2.60. The highest BCUT2D eigenvalue weighted by molar-refractivity contribution is 5.91. The van der Waals surface area contributed by atoms with Crippen molar-refractivity contribution < 1.29 is 24.2 Å². The third-order valence-corrected chi connectivity index (χ3v) is 4.11. The maximum absolute atomic E-state index is 12.1. The molecule has 1 amide bonds. The molecule has 2 rings (SSSR count). The van der Waals surface area contributed by atoms with E-state index in [4.69, 9.17) is 14.6 Å². The lowest BCUT2D eigenvalue weighted by molar-refractivity contribution is -0.141. The molecular weight excluding hydrogens is 358 g/mol. The van der Waals surface area contributed by atoms with Crippen molar-refractivity contribution >= 4 is 23.6 Å². The van der Waals surface area contributed by atoms with Crippen LogP contribution in [0.1, 0.15) is 25.0 Å². The second-order valence-corrected chi connectivity index (χ2v) is 6.39. The van der Waals surface area contributed by atoms with Gasteiger partial charge in [-0.15, -0.1) is 0 Å². The summed E-state index contributed by atoms with van der Waals surface area (Å²) in [5.41, 5.74) is 2.50. The molecule has 0 spiro atoms. The summed E-state index contributed by atoms with van der Waals surface area (Å²) in [7, 11) is 1.55. The third-order valence-electron chi connectivity index (χ3n) is 4.11. The molecule has 0 aliphatic rings. The number of hydrogen-bond acceptors (Lipinski definition) is 4. The highest BCUT2D eigenvalue weighted by Crippen LogP contribution is 2.28. The van der Waals surface area contributed by atoms with E-state index in [9.17, 15) is 9.59 Å². The van der Waals surface area contributed by atoms with Crippen LogP contribution < -0.4 is 14.8 Å². The van der Waals surface area contributed by atoms with E-state index in [1.165, 1.54) is 0 Å². The molecule has 0 saturated carbocycles. The lowest BCUT2D eigenvalue weighted by atomic mass is 10.0. The number of methoxy groups -OCH3 is 1. The number of carboxylic acid groups (broad SMARTS) is 1. The molecule has 0 saturated heterocycles. The topological polar surface area (TPSA) is 84.9 Å². The van der Waals surface area contributed by atoms with Crippen molar-refractivity contribution in [3.05, 3.63) is 59.7 Å². The van der Waals surface area contributed by atoms with Crippen LogP contribution in [0.2, 0.25) is 0 Å². The molecule has 0 bridgehead atoms.